The molecule has 2 heterocycles. The summed E-state index contributed by atoms with van der Waals surface area (Å²) >= 11 is 0. The molecule has 0 N–H and O–H groups in total. The SMILES string of the molecule is C[CH]n1c2cc(OC)ccc2c2ccnc(C(F)(F)F)c21. The molecule has 0 saturated carbocycles. The molecule has 0 aliphatic carbocycles. The van der Waals surface area contributed by atoms with Crippen molar-refractivity contribution in [2.45, 2.75) is 13.1 Å². The highest BCUT2D eigenvalue weighted by Gasteiger charge is 2.36. The van der Waals surface area contributed by atoms with Gasteiger partial charge in [-0.25, -0.2) is 4.98 Å². The van der Waals surface area contributed by atoms with E-state index >= 15 is 0 Å². The molecular weight excluding hydrogens is 281 g/mol. The molecule has 0 saturated heterocycles. The second kappa shape index (κ2) is 4.65. The Hall–Kier alpha value is -2.24. The average molecular weight is 293 g/mol. The number of benzene rings is 1. The molecule has 0 aliphatic heterocycles. The number of aromatic nitrogens is 2. The fraction of sp³-hybridized carbons (Fsp3) is 0.200. The van der Waals surface area contributed by atoms with E-state index in [2.05, 4.69) is 4.98 Å². The topological polar surface area (TPSA) is 27.1 Å². The molecule has 3 aromatic rings. The van der Waals surface area contributed by atoms with E-state index in [0.29, 0.717) is 16.7 Å². The highest BCUT2D eigenvalue weighted by Crippen LogP contribution is 2.38. The Bertz CT molecular complexity index is 821. The number of hydrogen-bond acceptors (Lipinski definition) is 2. The van der Waals surface area contributed by atoms with Crippen LogP contribution in [-0.4, -0.2) is 16.7 Å². The van der Waals surface area contributed by atoms with Crippen LogP contribution in [0.3, 0.4) is 0 Å². The Balaban J connectivity index is 2.50. The van der Waals surface area contributed by atoms with E-state index in [1.165, 1.54) is 17.9 Å². The fourth-order valence-electron chi connectivity index (χ4n) is 2.58. The van der Waals surface area contributed by atoms with Gasteiger partial charge in [-0.3, -0.25) is 0 Å². The summed E-state index contributed by atoms with van der Waals surface area (Å²) in [6.07, 6.45) is -3.31. The van der Waals surface area contributed by atoms with Crippen LogP contribution in [0.1, 0.15) is 12.6 Å². The number of hydrogen-bond donors (Lipinski definition) is 0. The molecule has 0 unspecified atom stereocenters. The summed E-state index contributed by atoms with van der Waals surface area (Å²) in [5, 5.41) is 1.25. The highest BCUT2D eigenvalue weighted by molar-refractivity contribution is 6.09. The quantitative estimate of drug-likeness (QED) is 0.706. The van der Waals surface area contributed by atoms with Gasteiger partial charge < -0.3 is 9.30 Å². The maximum atomic E-state index is 13.2. The summed E-state index contributed by atoms with van der Waals surface area (Å²) in [6, 6.07) is 6.81. The van der Waals surface area contributed by atoms with Gasteiger partial charge in [-0.1, -0.05) is 0 Å². The van der Waals surface area contributed by atoms with Gasteiger partial charge in [-0.2, -0.15) is 13.2 Å². The van der Waals surface area contributed by atoms with Gasteiger partial charge in [0.1, 0.15) is 5.75 Å². The largest absolute Gasteiger partial charge is 0.497 e. The molecular formula is C15H12F3N2O. The minimum absolute atomic E-state index is 0.0655. The number of halogens is 3. The van der Waals surface area contributed by atoms with Crippen molar-refractivity contribution in [3.8, 4) is 5.75 Å². The maximum Gasteiger partial charge on any atom is 0.435 e. The van der Waals surface area contributed by atoms with Crippen LogP contribution in [0.4, 0.5) is 13.2 Å². The van der Waals surface area contributed by atoms with Gasteiger partial charge in [0.2, 0.25) is 0 Å². The third-order valence-corrected chi connectivity index (χ3v) is 3.45. The molecule has 2 aromatic heterocycles. The van der Waals surface area contributed by atoms with Crippen LogP contribution in [0, 0.1) is 6.54 Å². The summed E-state index contributed by atoms with van der Waals surface area (Å²) < 4.78 is 46.2. The number of nitrogens with zero attached hydrogens (tertiary/aromatic N) is 2. The van der Waals surface area contributed by atoms with Crippen LogP contribution >= 0.6 is 0 Å². The number of alkyl halides is 3. The van der Waals surface area contributed by atoms with Gasteiger partial charge in [0, 0.05) is 23.0 Å². The van der Waals surface area contributed by atoms with E-state index in [1.54, 1.807) is 37.7 Å². The number of rotatable bonds is 2. The molecule has 0 spiro atoms. The zero-order valence-electron chi connectivity index (χ0n) is 11.4. The normalized spacial score (nSPS) is 12.2. The molecule has 0 amide bonds. The van der Waals surface area contributed by atoms with Crippen LogP contribution in [0.25, 0.3) is 21.8 Å². The third kappa shape index (κ3) is 2.02. The minimum Gasteiger partial charge on any atom is -0.497 e. The Kier molecular flexibility index (Phi) is 3.04. The maximum absolute atomic E-state index is 13.2. The number of ether oxygens (including phenoxy) is 1. The van der Waals surface area contributed by atoms with E-state index in [-0.39, 0.29) is 5.52 Å². The smallest absolute Gasteiger partial charge is 0.435 e. The summed E-state index contributed by atoms with van der Waals surface area (Å²) in [5.74, 6) is 0.593. The Morgan fingerprint density at radius 3 is 2.57 bits per heavy atom. The highest BCUT2D eigenvalue weighted by atomic mass is 19.4. The van der Waals surface area contributed by atoms with Crippen LogP contribution in [0.15, 0.2) is 30.5 Å². The lowest BCUT2D eigenvalue weighted by Gasteiger charge is -2.10. The average Bonchev–Trinajstić information content (AvgIpc) is 2.78. The fourth-order valence-corrected chi connectivity index (χ4v) is 2.58. The van der Waals surface area contributed by atoms with Crippen molar-refractivity contribution < 1.29 is 17.9 Å². The summed E-state index contributed by atoms with van der Waals surface area (Å²) in [4.78, 5) is 3.53. The van der Waals surface area contributed by atoms with Crippen molar-refractivity contribution >= 4 is 21.8 Å². The van der Waals surface area contributed by atoms with Gasteiger partial charge in [-0.15, -0.1) is 0 Å². The van der Waals surface area contributed by atoms with Gasteiger partial charge in [0.25, 0.3) is 0 Å². The molecule has 6 heteroatoms. The molecule has 0 fully saturated rings. The first-order valence-corrected chi connectivity index (χ1v) is 6.30. The van der Waals surface area contributed by atoms with E-state index < -0.39 is 11.9 Å². The van der Waals surface area contributed by atoms with Crippen LogP contribution in [-0.2, 0) is 6.18 Å². The van der Waals surface area contributed by atoms with Crippen LogP contribution < -0.4 is 4.74 Å². The molecule has 3 rings (SSSR count). The minimum atomic E-state index is -4.50. The van der Waals surface area contributed by atoms with Crippen molar-refractivity contribution in [2.75, 3.05) is 7.11 Å². The summed E-state index contributed by atoms with van der Waals surface area (Å²) in [5.41, 5.74) is -0.158. The summed E-state index contributed by atoms with van der Waals surface area (Å²) in [6.45, 7) is 3.28. The van der Waals surface area contributed by atoms with Crippen molar-refractivity contribution in [3.05, 3.63) is 42.7 Å². The van der Waals surface area contributed by atoms with Crippen molar-refractivity contribution in [1.29, 1.82) is 0 Å². The molecule has 1 radical (unpaired) electrons. The van der Waals surface area contributed by atoms with Gasteiger partial charge >= 0.3 is 6.18 Å². The molecule has 21 heavy (non-hydrogen) atoms. The van der Waals surface area contributed by atoms with Gasteiger partial charge in [0.05, 0.1) is 24.7 Å². The number of pyridine rings is 1. The summed E-state index contributed by atoms with van der Waals surface area (Å²) in [7, 11) is 1.52. The van der Waals surface area contributed by atoms with Crippen molar-refractivity contribution in [2.24, 2.45) is 0 Å². The molecule has 0 bridgehead atoms. The van der Waals surface area contributed by atoms with Gasteiger partial charge in [-0.05, 0) is 25.1 Å². The monoisotopic (exact) mass is 293 g/mol. The zero-order valence-corrected chi connectivity index (χ0v) is 11.4. The lowest BCUT2D eigenvalue weighted by molar-refractivity contribution is -0.140. The second-order valence-corrected chi connectivity index (χ2v) is 4.56. The van der Waals surface area contributed by atoms with Crippen molar-refractivity contribution in [1.82, 2.24) is 9.55 Å². The first-order chi connectivity index (χ1) is 9.97. The van der Waals surface area contributed by atoms with Gasteiger partial charge in [0.15, 0.2) is 5.69 Å². The Morgan fingerprint density at radius 2 is 1.95 bits per heavy atom. The Morgan fingerprint density at radius 1 is 1.19 bits per heavy atom. The predicted molar refractivity (Wildman–Crippen MR) is 74.2 cm³/mol. The molecule has 109 valence electrons. The standard InChI is InChI=1S/C15H12F3N2O/c1-3-20-12-8-9(21-2)4-5-10(12)11-6-7-19-14(13(11)20)15(16,17)18/h3-8H,1-2H3. The zero-order chi connectivity index (χ0) is 15.2. The Labute approximate surface area is 119 Å². The predicted octanol–water partition coefficient (Wildman–Crippen LogP) is 4.25. The lowest BCUT2D eigenvalue weighted by atomic mass is 10.1. The van der Waals surface area contributed by atoms with Crippen LogP contribution in [0.2, 0.25) is 0 Å². The lowest BCUT2D eigenvalue weighted by Crippen LogP contribution is -2.10. The van der Waals surface area contributed by atoms with Crippen molar-refractivity contribution in [3.63, 3.8) is 0 Å². The number of methoxy groups -OCH3 is 1. The van der Waals surface area contributed by atoms with Crippen LogP contribution in [0.5, 0.6) is 5.75 Å². The van der Waals surface area contributed by atoms with E-state index in [1.807, 2.05) is 0 Å². The second-order valence-electron chi connectivity index (χ2n) is 4.56. The van der Waals surface area contributed by atoms with E-state index in [0.717, 1.165) is 5.39 Å². The first-order valence-electron chi connectivity index (χ1n) is 6.30. The van der Waals surface area contributed by atoms with E-state index in [4.69, 9.17) is 4.74 Å². The first kappa shape index (κ1) is 13.7. The molecule has 3 nitrogen and oxygen atoms in total. The third-order valence-electron chi connectivity index (χ3n) is 3.45. The molecule has 0 aliphatic rings. The molecule has 0 atom stereocenters. The number of fused-ring (bicyclic) bond motifs is 3. The van der Waals surface area contributed by atoms with E-state index in [9.17, 15) is 13.2 Å². The molecule has 1 aromatic carbocycles.